The molecule has 0 amide bonds. The largest absolute Gasteiger partial charge is 0.304 e. The lowest BCUT2D eigenvalue weighted by molar-refractivity contribution is 0.261. The number of hydrogen-bond donors (Lipinski definition) is 0. The Bertz CT molecular complexity index is 1300. The molecule has 4 rings (SSSR count). The van der Waals surface area contributed by atoms with E-state index in [1.807, 2.05) is 25.8 Å². The van der Waals surface area contributed by atoms with Crippen molar-refractivity contribution in [1.29, 1.82) is 0 Å². The molecule has 10 heteroatoms. The van der Waals surface area contributed by atoms with Crippen LogP contribution < -0.4 is 0 Å². The number of fused-ring (bicyclic) bond motifs is 2. The number of benzene rings is 2. The van der Waals surface area contributed by atoms with Gasteiger partial charge in [0, 0.05) is 26.2 Å². The summed E-state index contributed by atoms with van der Waals surface area (Å²) in [6.07, 6.45) is 0. The number of sulfonamides is 2. The van der Waals surface area contributed by atoms with Crippen molar-refractivity contribution in [2.75, 3.05) is 33.2 Å². The third-order valence-electron chi connectivity index (χ3n) is 6.32. The molecule has 8 nitrogen and oxygen atoms in total. The van der Waals surface area contributed by atoms with Crippen LogP contribution in [0.15, 0.2) is 76.5 Å². The summed E-state index contributed by atoms with van der Waals surface area (Å²) in [6.45, 7) is 5.43. The minimum absolute atomic E-state index is 0.0998. The molecule has 0 saturated carbocycles. The third-order valence-corrected chi connectivity index (χ3v) is 10.0. The molecule has 0 spiro atoms. The van der Waals surface area contributed by atoms with Gasteiger partial charge in [-0.1, -0.05) is 41.5 Å². The number of likely N-dealkylation sites (N-methyl/N-ethyl adjacent to an activating group) is 1. The monoisotopic (exact) mass is 528 g/mol. The van der Waals surface area contributed by atoms with E-state index < -0.39 is 20.0 Å². The van der Waals surface area contributed by atoms with Crippen molar-refractivity contribution in [1.82, 2.24) is 18.5 Å². The standard InChI is InChI=1S/C26H32N4O4S2/c1-21-7-11-25(12-8-21)35(31,32)29-17-15-28(3)16-18-30(20-24-6-4-5-23(19-29)27-24)36(33,34)26-13-9-22(2)10-14-26/h4-14H,15-20H2,1-3H3. The highest BCUT2D eigenvalue weighted by Gasteiger charge is 2.28. The van der Waals surface area contributed by atoms with Crippen LogP contribution in [0.2, 0.25) is 0 Å². The van der Waals surface area contributed by atoms with Gasteiger partial charge >= 0.3 is 0 Å². The number of aryl methyl sites for hydroxylation is 2. The summed E-state index contributed by atoms with van der Waals surface area (Å²) >= 11 is 0. The second-order valence-corrected chi connectivity index (χ2v) is 13.1. The van der Waals surface area contributed by atoms with E-state index in [-0.39, 0.29) is 36.0 Å². The molecular weight excluding hydrogens is 496 g/mol. The zero-order chi connectivity index (χ0) is 25.9. The fourth-order valence-corrected chi connectivity index (χ4v) is 6.83. The minimum atomic E-state index is -3.73. The van der Waals surface area contributed by atoms with Crippen LogP contribution in [0.4, 0.5) is 0 Å². The van der Waals surface area contributed by atoms with Gasteiger partial charge in [0.25, 0.3) is 0 Å². The van der Waals surface area contributed by atoms with Crippen molar-refractivity contribution in [3.63, 3.8) is 0 Å². The summed E-state index contributed by atoms with van der Waals surface area (Å²) in [5, 5.41) is 0. The Morgan fingerprint density at radius 2 is 1.00 bits per heavy atom. The summed E-state index contributed by atoms with van der Waals surface area (Å²) < 4.78 is 56.8. The number of hydrogen-bond acceptors (Lipinski definition) is 6. The lowest BCUT2D eigenvalue weighted by atomic mass is 10.2. The van der Waals surface area contributed by atoms with E-state index in [4.69, 9.17) is 0 Å². The number of pyridine rings is 1. The van der Waals surface area contributed by atoms with Crippen LogP contribution in [-0.2, 0) is 33.1 Å². The van der Waals surface area contributed by atoms with Crippen LogP contribution in [0.1, 0.15) is 22.5 Å². The molecule has 192 valence electrons. The lowest BCUT2D eigenvalue weighted by Gasteiger charge is -2.29. The first-order valence-corrected chi connectivity index (χ1v) is 14.7. The van der Waals surface area contributed by atoms with Gasteiger partial charge < -0.3 is 4.90 Å². The summed E-state index contributed by atoms with van der Waals surface area (Å²) in [5.41, 5.74) is 3.11. The predicted molar refractivity (Wildman–Crippen MR) is 139 cm³/mol. The van der Waals surface area contributed by atoms with Gasteiger partial charge in [0.05, 0.1) is 34.3 Å². The highest BCUT2D eigenvalue weighted by molar-refractivity contribution is 7.89. The number of aromatic nitrogens is 1. The Morgan fingerprint density at radius 1 is 0.611 bits per heavy atom. The van der Waals surface area contributed by atoms with Gasteiger partial charge in [-0.2, -0.15) is 8.61 Å². The molecule has 1 aromatic heterocycles. The fraction of sp³-hybridized carbons (Fsp3) is 0.346. The van der Waals surface area contributed by atoms with E-state index in [0.717, 1.165) is 11.1 Å². The maximum Gasteiger partial charge on any atom is 0.243 e. The molecule has 0 N–H and O–H groups in total. The van der Waals surface area contributed by atoms with Crippen molar-refractivity contribution in [2.24, 2.45) is 0 Å². The average Bonchev–Trinajstić information content (AvgIpc) is 2.84. The molecule has 1 aliphatic heterocycles. The van der Waals surface area contributed by atoms with Gasteiger partial charge in [0.2, 0.25) is 20.0 Å². The molecule has 0 aliphatic carbocycles. The molecule has 36 heavy (non-hydrogen) atoms. The first kappa shape index (κ1) is 26.4. The first-order valence-electron chi connectivity index (χ1n) is 11.8. The summed E-state index contributed by atoms with van der Waals surface area (Å²) in [5.74, 6) is 0. The molecule has 0 unspecified atom stereocenters. The highest BCUT2D eigenvalue weighted by Crippen LogP contribution is 2.22. The van der Waals surface area contributed by atoms with E-state index in [1.165, 1.54) is 8.61 Å². The molecule has 0 saturated heterocycles. The van der Waals surface area contributed by atoms with E-state index in [9.17, 15) is 16.8 Å². The molecular formula is C26H32N4O4S2. The molecule has 2 aromatic carbocycles. The van der Waals surface area contributed by atoms with Crippen molar-refractivity contribution >= 4 is 20.0 Å². The first-order chi connectivity index (χ1) is 17.1. The molecule has 2 heterocycles. The molecule has 0 fully saturated rings. The van der Waals surface area contributed by atoms with Gasteiger partial charge in [0.15, 0.2) is 0 Å². The summed E-state index contributed by atoms with van der Waals surface area (Å²) in [4.78, 5) is 7.09. The Balaban J connectivity index is 1.67. The van der Waals surface area contributed by atoms with Crippen LogP contribution in [0.5, 0.6) is 0 Å². The van der Waals surface area contributed by atoms with Crippen LogP contribution in [0.25, 0.3) is 0 Å². The zero-order valence-electron chi connectivity index (χ0n) is 20.8. The molecule has 3 aromatic rings. The Hall–Kier alpha value is -2.63. The fourth-order valence-electron chi connectivity index (χ4n) is 4.03. The SMILES string of the molecule is Cc1ccc(S(=O)(=O)N2CCN(C)CCN(S(=O)(=O)c3ccc(C)cc3)Cc3cccc(n3)C2)cc1. The Kier molecular flexibility index (Phi) is 7.91. The lowest BCUT2D eigenvalue weighted by Crippen LogP contribution is -2.42. The van der Waals surface area contributed by atoms with Crippen molar-refractivity contribution in [3.05, 3.63) is 89.2 Å². The van der Waals surface area contributed by atoms with Crippen molar-refractivity contribution in [3.8, 4) is 0 Å². The number of nitrogens with zero attached hydrogens (tertiary/aromatic N) is 4. The van der Waals surface area contributed by atoms with E-state index >= 15 is 0 Å². The third kappa shape index (κ3) is 6.01. The Labute approximate surface area is 214 Å². The minimum Gasteiger partial charge on any atom is -0.304 e. The van der Waals surface area contributed by atoms with Crippen molar-refractivity contribution in [2.45, 2.75) is 36.7 Å². The predicted octanol–water partition coefficient (Wildman–Crippen LogP) is 3.03. The maximum atomic E-state index is 13.5. The van der Waals surface area contributed by atoms with Crippen LogP contribution in [0.3, 0.4) is 0 Å². The van der Waals surface area contributed by atoms with Crippen LogP contribution in [-0.4, -0.2) is 68.6 Å². The zero-order valence-corrected chi connectivity index (χ0v) is 22.5. The van der Waals surface area contributed by atoms with Gasteiger partial charge in [0.1, 0.15) is 0 Å². The second-order valence-electron chi connectivity index (χ2n) is 9.23. The topological polar surface area (TPSA) is 90.9 Å². The molecule has 0 radical (unpaired) electrons. The van der Waals surface area contributed by atoms with Crippen molar-refractivity contribution < 1.29 is 16.8 Å². The van der Waals surface area contributed by atoms with Gasteiger partial charge in [-0.25, -0.2) is 16.8 Å². The van der Waals surface area contributed by atoms with E-state index in [0.29, 0.717) is 24.5 Å². The van der Waals surface area contributed by atoms with E-state index in [2.05, 4.69) is 4.98 Å². The van der Waals surface area contributed by atoms with Gasteiger partial charge in [-0.05, 0) is 57.3 Å². The van der Waals surface area contributed by atoms with Gasteiger partial charge in [-0.3, -0.25) is 4.98 Å². The molecule has 2 bridgehead atoms. The highest BCUT2D eigenvalue weighted by atomic mass is 32.2. The van der Waals surface area contributed by atoms with Gasteiger partial charge in [-0.15, -0.1) is 0 Å². The maximum absolute atomic E-state index is 13.5. The smallest absolute Gasteiger partial charge is 0.243 e. The quantitative estimate of drug-likeness (QED) is 0.517. The average molecular weight is 529 g/mol. The second kappa shape index (κ2) is 10.8. The van der Waals surface area contributed by atoms with E-state index in [1.54, 1.807) is 66.7 Å². The molecule has 1 aliphatic rings. The number of rotatable bonds is 4. The Morgan fingerprint density at radius 3 is 1.39 bits per heavy atom. The summed E-state index contributed by atoms with van der Waals surface area (Å²) in [6, 6.07) is 19.0. The van der Waals surface area contributed by atoms with Crippen LogP contribution in [0, 0.1) is 13.8 Å². The summed E-state index contributed by atoms with van der Waals surface area (Å²) in [7, 11) is -5.60. The van der Waals surface area contributed by atoms with Crippen LogP contribution >= 0.6 is 0 Å². The normalized spacial score (nSPS) is 17.3. The molecule has 0 atom stereocenters.